The number of ether oxygens (including phenoxy) is 2. The average Bonchev–Trinajstić information content (AvgIpc) is 3.47. The number of hydrogen-bond acceptors (Lipinski definition) is 10. The molecule has 2 aliphatic carbocycles. The van der Waals surface area contributed by atoms with Crippen LogP contribution in [0.4, 0.5) is 5.69 Å². The molecule has 8 rings (SSSR count). The van der Waals surface area contributed by atoms with E-state index < -0.39 is 29.7 Å². The molecule has 62 heavy (non-hydrogen) atoms. The number of carbonyl (C=O) groups excluding carboxylic acids is 5. The highest BCUT2D eigenvalue weighted by atomic mass is 35.5. The molecule has 2 N–H and O–H groups in total. The van der Waals surface area contributed by atoms with Crippen molar-refractivity contribution in [1.82, 2.24) is 20.4 Å². The summed E-state index contributed by atoms with van der Waals surface area (Å²) in [6.45, 7) is 15.8. The third kappa shape index (κ3) is 8.03. The van der Waals surface area contributed by atoms with Crippen LogP contribution in [0.1, 0.15) is 117 Å². The predicted molar refractivity (Wildman–Crippen MR) is 233 cm³/mol. The van der Waals surface area contributed by atoms with Crippen LogP contribution in [0.5, 0.6) is 11.5 Å². The Morgan fingerprint density at radius 1 is 0.903 bits per heavy atom. The number of halogens is 1. The zero-order valence-corrected chi connectivity index (χ0v) is 37.0. The number of benzene rings is 3. The SMILES string of the molecule is CC(C)N(CC1CCN(c2ccc(C(=O)NC3C(C)(C)C(Oc4ccc(C#N)c(Cl)c4)C3(C)C)cc2)CC1)C1CC(Oc2ccc3c(c2)C(=O)N(C2CCC(=O)NC2=O)C3=O)C1. The molecule has 0 spiro atoms. The second-order valence-electron chi connectivity index (χ2n) is 19.1. The number of amides is 5. The molecule has 5 aliphatic rings. The molecule has 2 saturated carbocycles. The molecule has 14 heteroatoms. The van der Waals surface area contributed by atoms with Gasteiger partial charge in [-0.2, -0.15) is 5.26 Å². The summed E-state index contributed by atoms with van der Waals surface area (Å²) in [7, 11) is 0. The fraction of sp³-hybridized carbons (Fsp3) is 0.500. The lowest BCUT2D eigenvalue weighted by atomic mass is 9.49. The monoisotopic (exact) mass is 862 g/mol. The van der Waals surface area contributed by atoms with Crippen molar-refractivity contribution in [2.45, 2.75) is 116 Å². The summed E-state index contributed by atoms with van der Waals surface area (Å²) in [5.41, 5.74) is 1.87. The molecular formula is C48H55ClN6O7. The highest BCUT2D eigenvalue weighted by Gasteiger charge is 2.64. The molecule has 1 unspecified atom stereocenters. The molecule has 0 radical (unpaired) electrons. The quantitative estimate of drug-likeness (QED) is 0.186. The van der Waals surface area contributed by atoms with E-state index in [1.807, 2.05) is 24.3 Å². The molecule has 3 aromatic rings. The summed E-state index contributed by atoms with van der Waals surface area (Å²) >= 11 is 6.26. The number of anilines is 1. The normalized spacial score (nSPS) is 25.5. The molecule has 4 fully saturated rings. The van der Waals surface area contributed by atoms with Crippen molar-refractivity contribution >= 4 is 46.8 Å². The largest absolute Gasteiger partial charge is 0.490 e. The Morgan fingerprint density at radius 3 is 2.18 bits per heavy atom. The van der Waals surface area contributed by atoms with Gasteiger partial charge < -0.3 is 19.7 Å². The second kappa shape index (κ2) is 16.7. The van der Waals surface area contributed by atoms with Crippen LogP contribution in [-0.4, -0.2) is 95.3 Å². The van der Waals surface area contributed by atoms with E-state index in [2.05, 4.69) is 68.0 Å². The van der Waals surface area contributed by atoms with E-state index in [1.165, 1.54) is 0 Å². The smallest absolute Gasteiger partial charge is 0.262 e. The molecule has 0 aromatic heterocycles. The molecule has 1 atom stereocenters. The number of carbonyl (C=O) groups is 5. The lowest BCUT2D eigenvalue weighted by Gasteiger charge is -2.63. The summed E-state index contributed by atoms with van der Waals surface area (Å²) in [6.07, 6.45) is 3.86. The summed E-state index contributed by atoms with van der Waals surface area (Å²) in [5.74, 6) is -0.542. The Bertz CT molecular complexity index is 2310. The van der Waals surface area contributed by atoms with Crippen molar-refractivity contribution in [3.05, 3.63) is 87.9 Å². The number of fused-ring (bicyclic) bond motifs is 1. The molecule has 326 valence electrons. The summed E-state index contributed by atoms with van der Waals surface area (Å²) in [4.78, 5) is 70.0. The van der Waals surface area contributed by atoms with E-state index in [9.17, 15) is 29.2 Å². The van der Waals surface area contributed by atoms with Crippen LogP contribution in [0.2, 0.25) is 5.02 Å². The molecule has 5 amide bonds. The van der Waals surface area contributed by atoms with E-state index in [0.29, 0.717) is 45.7 Å². The first-order chi connectivity index (χ1) is 29.5. The van der Waals surface area contributed by atoms with E-state index in [4.69, 9.17) is 21.1 Å². The van der Waals surface area contributed by atoms with Crippen molar-refractivity contribution in [2.75, 3.05) is 24.5 Å². The fourth-order valence-corrected chi connectivity index (χ4v) is 10.9. The van der Waals surface area contributed by atoms with E-state index >= 15 is 0 Å². The average molecular weight is 863 g/mol. The van der Waals surface area contributed by atoms with Crippen LogP contribution >= 0.6 is 11.6 Å². The van der Waals surface area contributed by atoms with E-state index in [0.717, 1.165) is 55.9 Å². The summed E-state index contributed by atoms with van der Waals surface area (Å²) in [6, 6.07) is 19.6. The van der Waals surface area contributed by atoms with Crippen LogP contribution in [0.3, 0.4) is 0 Å². The lowest BCUT2D eigenvalue weighted by molar-refractivity contribution is -0.164. The van der Waals surface area contributed by atoms with Crippen LogP contribution < -0.4 is 25.0 Å². The molecule has 3 aromatic carbocycles. The van der Waals surface area contributed by atoms with Crippen LogP contribution in [0, 0.1) is 28.1 Å². The van der Waals surface area contributed by atoms with Gasteiger partial charge in [-0.25, -0.2) is 0 Å². The van der Waals surface area contributed by atoms with Gasteiger partial charge in [0.25, 0.3) is 17.7 Å². The van der Waals surface area contributed by atoms with Crippen molar-refractivity contribution in [3.63, 3.8) is 0 Å². The maximum atomic E-state index is 13.6. The van der Waals surface area contributed by atoms with Crippen LogP contribution in [-0.2, 0) is 9.59 Å². The number of piperidine rings is 2. The van der Waals surface area contributed by atoms with Gasteiger partial charge in [0.1, 0.15) is 35.8 Å². The Morgan fingerprint density at radius 2 is 1.55 bits per heavy atom. The van der Waals surface area contributed by atoms with Gasteiger partial charge in [-0.15, -0.1) is 0 Å². The third-order valence-electron chi connectivity index (χ3n) is 13.9. The van der Waals surface area contributed by atoms with Gasteiger partial charge in [-0.1, -0.05) is 39.3 Å². The second-order valence-corrected chi connectivity index (χ2v) is 19.5. The van der Waals surface area contributed by atoms with Crippen molar-refractivity contribution in [1.29, 1.82) is 5.26 Å². The molecule has 2 saturated heterocycles. The molecule has 3 aliphatic heterocycles. The minimum atomic E-state index is -1.00. The van der Waals surface area contributed by atoms with Crippen molar-refractivity contribution in [3.8, 4) is 17.6 Å². The van der Waals surface area contributed by atoms with E-state index in [1.54, 1.807) is 36.4 Å². The minimum Gasteiger partial charge on any atom is -0.490 e. The van der Waals surface area contributed by atoms with Gasteiger partial charge in [0.05, 0.1) is 21.7 Å². The summed E-state index contributed by atoms with van der Waals surface area (Å²) < 4.78 is 12.7. The van der Waals surface area contributed by atoms with Gasteiger partial charge in [0.15, 0.2) is 0 Å². The maximum Gasteiger partial charge on any atom is 0.262 e. The highest BCUT2D eigenvalue weighted by Crippen LogP contribution is 2.55. The molecular weight excluding hydrogens is 808 g/mol. The molecule has 13 nitrogen and oxygen atoms in total. The first kappa shape index (κ1) is 43.2. The van der Waals surface area contributed by atoms with Gasteiger partial charge in [-0.05, 0) is 93.6 Å². The van der Waals surface area contributed by atoms with Crippen molar-refractivity contribution in [2.24, 2.45) is 16.7 Å². The molecule has 0 bridgehead atoms. The first-order valence-electron chi connectivity index (χ1n) is 21.8. The van der Waals surface area contributed by atoms with E-state index in [-0.39, 0.29) is 59.0 Å². The van der Waals surface area contributed by atoms with Gasteiger partial charge in [0.2, 0.25) is 11.8 Å². The fourth-order valence-electron chi connectivity index (χ4n) is 10.7. The zero-order chi connectivity index (χ0) is 44.2. The topological polar surface area (TPSA) is 161 Å². The predicted octanol–water partition coefficient (Wildman–Crippen LogP) is 6.76. The number of nitriles is 1. The number of nitrogens with zero attached hydrogens (tertiary/aromatic N) is 4. The first-order valence-corrected chi connectivity index (χ1v) is 22.1. The molecule has 3 heterocycles. The van der Waals surface area contributed by atoms with Gasteiger partial charge in [0, 0.05) is 85.2 Å². The number of rotatable bonds is 12. The van der Waals surface area contributed by atoms with Gasteiger partial charge in [-0.3, -0.25) is 39.1 Å². The summed E-state index contributed by atoms with van der Waals surface area (Å²) in [5, 5.41) is 15.1. The zero-order valence-electron chi connectivity index (χ0n) is 36.2. The van der Waals surface area contributed by atoms with Crippen molar-refractivity contribution < 1.29 is 33.4 Å². The Hall–Kier alpha value is -5.45. The lowest BCUT2D eigenvalue weighted by Crippen LogP contribution is -2.74. The Balaban J connectivity index is 0.795. The van der Waals surface area contributed by atoms with Gasteiger partial charge >= 0.3 is 0 Å². The highest BCUT2D eigenvalue weighted by molar-refractivity contribution is 6.31. The standard InChI is InChI=1S/C48H55ClN6O7/c1-27(2)54(32-21-35(22-32)61-33-13-14-36-37(23-33)44(60)55(43(36)59)39-15-16-40(56)51-42(39)58)26-28-17-19-53(20-18-28)31-10-7-29(8-11-31)41(57)52-45-47(3,4)46(48(45,5)6)62-34-12-9-30(25-50)38(49)24-34/h7-14,23-24,27-28,32,35,39,45-46H,15-22,26H2,1-6H3,(H,52,57)(H,51,56,58). The Labute approximate surface area is 368 Å². The number of nitrogens with one attached hydrogen (secondary N) is 2. The Kier molecular flexibility index (Phi) is 11.6. The maximum absolute atomic E-state index is 13.6. The third-order valence-corrected chi connectivity index (χ3v) is 14.2. The van der Waals surface area contributed by atoms with Crippen LogP contribution in [0.15, 0.2) is 60.7 Å². The van der Waals surface area contributed by atoms with Crippen LogP contribution in [0.25, 0.3) is 0 Å². The number of imide groups is 2. The minimum absolute atomic E-state index is 0.0117. The number of hydrogen-bond donors (Lipinski definition) is 2.